The van der Waals surface area contributed by atoms with E-state index in [-0.39, 0.29) is 32.1 Å². The van der Waals surface area contributed by atoms with E-state index < -0.39 is 42.4 Å². The van der Waals surface area contributed by atoms with Crippen LogP contribution in [0.4, 0.5) is 14.9 Å². The summed E-state index contributed by atoms with van der Waals surface area (Å²) < 4.78 is 30.2. The fourth-order valence-corrected chi connectivity index (χ4v) is 3.73. The van der Waals surface area contributed by atoms with Gasteiger partial charge in [-0.3, -0.25) is 9.69 Å². The van der Waals surface area contributed by atoms with Crippen molar-refractivity contribution < 1.29 is 43.0 Å². The number of aliphatic hydroxyl groups excluding tert-OH is 1. The van der Waals surface area contributed by atoms with E-state index in [2.05, 4.69) is 9.68 Å². The van der Waals surface area contributed by atoms with Crippen molar-refractivity contribution >= 4 is 29.2 Å². The molecule has 0 aliphatic carbocycles. The molecule has 1 fully saturated rings. The second kappa shape index (κ2) is 9.91. The summed E-state index contributed by atoms with van der Waals surface area (Å²) in [6, 6.07) is 5.95. The maximum Gasteiger partial charge on any atom is 0.414 e. The number of amides is 2. The molecule has 1 aromatic carbocycles. The van der Waals surface area contributed by atoms with Gasteiger partial charge in [0.05, 0.1) is 18.7 Å². The highest BCUT2D eigenvalue weighted by atomic mass is 19.1. The Morgan fingerprint density at radius 2 is 2.15 bits per heavy atom. The number of carbonyl (C=O) groups excluding carboxylic acids is 2. The third-order valence-corrected chi connectivity index (χ3v) is 5.53. The average Bonchev–Trinajstić information content (AvgIpc) is 3.47. The minimum absolute atomic E-state index is 0.0704. The van der Waals surface area contributed by atoms with Crippen LogP contribution in [0.1, 0.15) is 18.4 Å². The van der Waals surface area contributed by atoms with Crippen LogP contribution in [0, 0.1) is 5.82 Å². The fourth-order valence-electron chi connectivity index (χ4n) is 3.73. The van der Waals surface area contributed by atoms with Gasteiger partial charge in [-0.05, 0) is 35.3 Å². The molecule has 2 atom stereocenters. The van der Waals surface area contributed by atoms with Gasteiger partial charge in [0, 0.05) is 24.7 Å². The normalized spacial score (nSPS) is 18.9. The number of halogens is 1. The van der Waals surface area contributed by atoms with Crippen LogP contribution in [0.15, 0.2) is 41.1 Å². The van der Waals surface area contributed by atoms with Gasteiger partial charge < -0.3 is 29.1 Å². The minimum Gasteiger partial charge on any atom is -0.479 e. The number of carbonyl (C=O) groups is 3. The predicted octanol–water partition coefficient (Wildman–Crippen LogP) is 1.67. The van der Waals surface area contributed by atoms with E-state index in [1.165, 1.54) is 28.2 Å². The zero-order chi connectivity index (χ0) is 24.2. The number of carboxylic acids is 1. The number of hydrogen-bond acceptors (Lipinski definition) is 8. The molecule has 1 aromatic heterocycles. The molecular weight excluding hydrogens is 453 g/mol. The zero-order valence-corrected chi connectivity index (χ0v) is 17.9. The van der Waals surface area contributed by atoms with Crippen LogP contribution in [0.25, 0.3) is 5.57 Å². The molecule has 11 nitrogen and oxygen atoms in total. The quantitative estimate of drug-likeness (QED) is 0.583. The van der Waals surface area contributed by atoms with Crippen LogP contribution < -0.4 is 9.64 Å². The molecule has 0 spiro atoms. The molecule has 0 radical (unpaired) electrons. The summed E-state index contributed by atoms with van der Waals surface area (Å²) in [5.74, 6) is -2.21. The van der Waals surface area contributed by atoms with Gasteiger partial charge in [0.25, 0.3) is 5.88 Å². The van der Waals surface area contributed by atoms with Crippen molar-refractivity contribution in [3.05, 3.63) is 48.0 Å². The Morgan fingerprint density at radius 3 is 2.79 bits per heavy atom. The summed E-state index contributed by atoms with van der Waals surface area (Å²) >= 11 is 0. The van der Waals surface area contributed by atoms with Gasteiger partial charge in [-0.25, -0.2) is 14.0 Å². The lowest BCUT2D eigenvalue weighted by Gasteiger charge is -2.27. The van der Waals surface area contributed by atoms with Crippen molar-refractivity contribution in [1.82, 2.24) is 10.1 Å². The van der Waals surface area contributed by atoms with Crippen molar-refractivity contribution in [2.24, 2.45) is 0 Å². The number of carboxylic acid groups (broad SMARTS) is 1. The van der Waals surface area contributed by atoms with E-state index >= 15 is 0 Å². The van der Waals surface area contributed by atoms with E-state index in [1.54, 1.807) is 18.2 Å². The summed E-state index contributed by atoms with van der Waals surface area (Å²) in [5.41, 5.74) is 1.38. The molecule has 34 heavy (non-hydrogen) atoms. The minimum atomic E-state index is -1.76. The van der Waals surface area contributed by atoms with Crippen LogP contribution in [-0.2, 0) is 14.3 Å². The number of rotatable bonds is 8. The smallest absolute Gasteiger partial charge is 0.414 e. The van der Waals surface area contributed by atoms with E-state index in [9.17, 15) is 23.9 Å². The molecule has 180 valence electrons. The summed E-state index contributed by atoms with van der Waals surface area (Å²) in [4.78, 5) is 37.8. The molecule has 2 N–H and O–H groups in total. The fraction of sp³-hybridized carbons (Fsp3) is 0.364. The van der Waals surface area contributed by atoms with Crippen LogP contribution >= 0.6 is 0 Å². The largest absolute Gasteiger partial charge is 0.479 e. The van der Waals surface area contributed by atoms with E-state index in [0.29, 0.717) is 23.2 Å². The van der Waals surface area contributed by atoms with E-state index in [0.717, 1.165) is 0 Å². The number of aliphatic hydroxyl groups is 1. The first kappa shape index (κ1) is 23.2. The average molecular weight is 475 g/mol. The molecule has 4 rings (SSSR count). The first-order chi connectivity index (χ1) is 16.3. The lowest BCUT2D eigenvalue weighted by molar-refractivity contribution is -0.150. The van der Waals surface area contributed by atoms with E-state index in [4.69, 9.17) is 14.6 Å². The summed E-state index contributed by atoms with van der Waals surface area (Å²) in [7, 11) is 0. The number of cyclic esters (lactones) is 1. The van der Waals surface area contributed by atoms with Gasteiger partial charge in [0.1, 0.15) is 18.7 Å². The van der Waals surface area contributed by atoms with Gasteiger partial charge in [0.15, 0.2) is 12.2 Å². The molecule has 12 heteroatoms. The first-order valence-electron chi connectivity index (χ1n) is 10.5. The molecule has 0 saturated carbocycles. The summed E-state index contributed by atoms with van der Waals surface area (Å²) in [6.45, 7) is 0.690. The number of aromatic nitrogens is 1. The number of ether oxygens (including phenoxy) is 2. The topological polar surface area (TPSA) is 143 Å². The van der Waals surface area contributed by atoms with Crippen molar-refractivity contribution in [3.8, 4) is 5.88 Å². The lowest BCUT2D eigenvalue weighted by Crippen LogP contribution is -2.38. The van der Waals surface area contributed by atoms with Gasteiger partial charge in [0.2, 0.25) is 5.91 Å². The first-order valence-corrected chi connectivity index (χ1v) is 10.5. The van der Waals surface area contributed by atoms with Crippen molar-refractivity contribution in [2.45, 2.75) is 25.0 Å². The second-order valence-electron chi connectivity index (χ2n) is 7.81. The lowest BCUT2D eigenvalue weighted by atomic mass is 9.98. The van der Waals surface area contributed by atoms with Crippen LogP contribution in [0.2, 0.25) is 0 Å². The number of nitrogens with zero attached hydrogens (tertiary/aromatic N) is 3. The number of hydrogen-bond donors (Lipinski definition) is 2. The van der Waals surface area contributed by atoms with Crippen LogP contribution in [-0.4, -0.2) is 76.7 Å². The molecule has 2 aliphatic rings. The highest BCUT2D eigenvalue weighted by Crippen LogP contribution is 2.30. The number of benzene rings is 1. The van der Waals surface area contributed by atoms with E-state index in [1.807, 2.05) is 0 Å². The Morgan fingerprint density at radius 1 is 1.32 bits per heavy atom. The molecule has 0 unspecified atom stereocenters. The van der Waals surface area contributed by atoms with Gasteiger partial charge in [-0.1, -0.05) is 6.08 Å². The van der Waals surface area contributed by atoms with Crippen molar-refractivity contribution in [3.63, 3.8) is 0 Å². The molecule has 2 amide bonds. The van der Waals surface area contributed by atoms with Gasteiger partial charge in [-0.2, -0.15) is 0 Å². The standard InChI is InChI=1S/C22H22FN3O8/c23-17-9-14(26-11-15(34-22(26)31)12-32-19-5-8-33-24-19)1-2-16(17)13-3-6-25(7-4-13)20(28)10-18(27)21(29)30/h1-3,5,8-9,15,18,27H,4,6-7,10-12H2,(H,29,30)/t15-,18+/m1/s1. The summed E-state index contributed by atoms with van der Waals surface area (Å²) in [6.07, 6.45) is -0.0432. The third-order valence-electron chi connectivity index (χ3n) is 5.53. The highest BCUT2D eigenvalue weighted by Gasteiger charge is 2.33. The molecule has 2 aromatic rings. The molecule has 2 aliphatic heterocycles. The molecular formula is C22H22FN3O8. The van der Waals surface area contributed by atoms with Gasteiger partial charge >= 0.3 is 12.1 Å². The second-order valence-corrected chi connectivity index (χ2v) is 7.81. The maximum absolute atomic E-state index is 14.9. The highest BCUT2D eigenvalue weighted by molar-refractivity contribution is 5.90. The monoisotopic (exact) mass is 475 g/mol. The van der Waals surface area contributed by atoms with Crippen LogP contribution in [0.3, 0.4) is 0 Å². The summed E-state index contributed by atoms with van der Waals surface area (Å²) in [5, 5.41) is 21.7. The zero-order valence-electron chi connectivity index (χ0n) is 17.9. The molecule has 3 heterocycles. The Kier molecular flexibility index (Phi) is 6.77. The number of anilines is 1. The van der Waals surface area contributed by atoms with Crippen LogP contribution in [0.5, 0.6) is 5.88 Å². The Balaban J connectivity index is 1.37. The molecule has 0 bridgehead atoms. The Hall–Kier alpha value is -3.93. The Bertz CT molecular complexity index is 1100. The SMILES string of the molecule is O=C(O)[C@@H](O)CC(=O)N1CC=C(c2ccc(N3C[C@H](COc4ccon4)OC3=O)cc2F)CC1. The molecule has 1 saturated heterocycles. The van der Waals surface area contributed by atoms with Crippen molar-refractivity contribution in [1.29, 1.82) is 0 Å². The number of aliphatic carboxylic acids is 1. The maximum atomic E-state index is 14.9. The Labute approximate surface area is 192 Å². The predicted molar refractivity (Wildman–Crippen MR) is 113 cm³/mol. The van der Waals surface area contributed by atoms with Gasteiger partial charge in [-0.15, -0.1) is 0 Å². The third kappa shape index (κ3) is 5.17. The van der Waals surface area contributed by atoms with Crippen molar-refractivity contribution in [2.75, 3.05) is 31.1 Å².